The van der Waals surface area contributed by atoms with Gasteiger partial charge < -0.3 is 15.9 Å². The van der Waals surface area contributed by atoms with Crippen LogP contribution in [0.25, 0.3) is 22.5 Å². The van der Waals surface area contributed by atoms with Crippen LogP contribution < -0.4 is 21.1 Å². The number of nitrogen functional groups attached to an aromatic ring is 1. The molecular weight excluding hydrogens is 647 g/mol. The van der Waals surface area contributed by atoms with Gasteiger partial charge in [0.25, 0.3) is 0 Å². The standard InChI is InChI=1S/C32H25N6O3.In.H2O/c1-3-4-5-6-10-16-28(39)36(2)24-12-11-13-25(21-24)38-31-29(30(33)34-22-35-31)37(32(38)40)23-17-19-27(20-18-23)41-26-14-8-7-9-15-26;;/h1,3-5,7-22H,2H3,(H2,33,34,35);;1H2/p-1/b3-1?,5-4?,16-10+;;. The number of ether oxygens (including phenoxy) is 1. The van der Waals surface area contributed by atoms with Crippen molar-refractivity contribution in [2.45, 2.75) is 0 Å². The van der Waals surface area contributed by atoms with Crippen LogP contribution in [0.5, 0.6) is 11.5 Å². The van der Waals surface area contributed by atoms with Gasteiger partial charge in [0, 0.05) is 0 Å². The van der Waals surface area contributed by atoms with Crippen LogP contribution >= 0.6 is 0 Å². The van der Waals surface area contributed by atoms with E-state index in [9.17, 15) is 9.59 Å². The minimum Gasteiger partial charge on any atom is -0.870 e. The summed E-state index contributed by atoms with van der Waals surface area (Å²) in [6.07, 6.45) is 10.9. The summed E-state index contributed by atoms with van der Waals surface area (Å²) in [7, 11) is 1.71. The van der Waals surface area contributed by atoms with Gasteiger partial charge in [-0.1, -0.05) is 18.2 Å². The first-order chi connectivity index (χ1) is 20.5. The Morgan fingerprint density at radius 1 is 0.930 bits per heavy atom. The smallest absolute Gasteiger partial charge is 0.870 e. The summed E-state index contributed by atoms with van der Waals surface area (Å²) in [4.78, 5) is 37.1. The summed E-state index contributed by atoms with van der Waals surface area (Å²) in [5.74, 6) is 1.34. The van der Waals surface area contributed by atoms with Gasteiger partial charge in [0.15, 0.2) is 0 Å². The van der Waals surface area contributed by atoms with Crippen molar-refractivity contribution in [3.63, 3.8) is 0 Å². The molecular formula is C32H26InN6O4-. The summed E-state index contributed by atoms with van der Waals surface area (Å²) in [6, 6.07) is 23.8. The van der Waals surface area contributed by atoms with Crippen LogP contribution in [0, 0.1) is 0 Å². The number of hydrogen-bond acceptors (Lipinski definition) is 7. The third kappa shape index (κ3) is 6.13. The molecule has 0 unspecified atom stereocenters. The predicted octanol–water partition coefficient (Wildman–Crippen LogP) is 4.25. The molecule has 6 rings (SSSR count). The largest absolute Gasteiger partial charge is 0.870 e. The van der Waals surface area contributed by atoms with E-state index in [1.807, 2.05) is 48.6 Å². The van der Waals surface area contributed by atoms with Crippen LogP contribution in [-0.4, -0.2) is 63.2 Å². The summed E-state index contributed by atoms with van der Waals surface area (Å²) in [5, 5.41) is 0. The van der Waals surface area contributed by atoms with Gasteiger partial charge in [-0.05, 0) is 36.4 Å². The number of likely N-dealkylation sites (N-methyl/N-ethyl adjacent to an activating group) is 1. The number of para-hydroxylation sites is 1. The van der Waals surface area contributed by atoms with E-state index in [0.29, 0.717) is 39.7 Å². The zero-order valence-electron chi connectivity index (χ0n) is 23.1. The van der Waals surface area contributed by atoms with E-state index < -0.39 is 22.4 Å². The summed E-state index contributed by atoms with van der Waals surface area (Å²) < 4.78 is 12.3. The molecule has 0 aliphatic carbocycles. The number of carbonyl (C=O) groups is 1. The maximum atomic E-state index is 14.0. The molecule has 3 N–H and O–H groups in total. The Morgan fingerprint density at radius 2 is 1.70 bits per heavy atom. The number of anilines is 2. The first-order valence-corrected chi connectivity index (χ1v) is 16.7. The molecule has 1 aliphatic rings. The molecule has 5 aromatic rings. The summed E-state index contributed by atoms with van der Waals surface area (Å²) in [5.41, 5.74) is 8.39. The number of imidazole rings is 1. The maximum Gasteiger partial charge on any atom is -0.870 e. The third-order valence-corrected chi connectivity index (χ3v) is 10.1. The number of amides is 1. The normalized spacial score (nSPS) is 12.1. The molecule has 3 heterocycles. The van der Waals surface area contributed by atoms with Crippen LogP contribution in [-0.2, 0) is 4.79 Å². The number of fused-ring (bicyclic) bond motifs is 1. The fourth-order valence-electron chi connectivity index (χ4n) is 4.62. The molecule has 0 fully saturated rings. The van der Waals surface area contributed by atoms with E-state index in [1.165, 1.54) is 18.7 Å². The Balaban J connectivity index is 0.00000368. The van der Waals surface area contributed by atoms with E-state index in [2.05, 4.69) is 26.0 Å². The molecule has 0 spiro atoms. The Kier molecular flexibility index (Phi) is 8.84. The van der Waals surface area contributed by atoms with Crippen LogP contribution in [0.15, 0.2) is 124 Å². The predicted molar refractivity (Wildman–Crippen MR) is 169 cm³/mol. The number of benzene rings is 3. The van der Waals surface area contributed by atoms with Crippen molar-refractivity contribution < 1.29 is 15.0 Å². The van der Waals surface area contributed by atoms with Gasteiger partial charge in [0.1, 0.15) is 11.5 Å². The third-order valence-electron chi connectivity index (χ3n) is 6.75. The molecule has 10 nitrogen and oxygen atoms in total. The second-order valence-electron chi connectivity index (χ2n) is 9.45. The van der Waals surface area contributed by atoms with Gasteiger partial charge in [-0.3, -0.25) is 0 Å². The van der Waals surface area contributed by atoms with Crippen molar-refractivity contribution in [1.29, 1.82) is 0 Å². The van der Waals surface area contributed by atoms with E-state index in [-0.39, 0.29) is 22.9 Å². The fraction of sp³-hybridized carbons (Fsp3) is 0.0312. The first kappa shape index (κ1) is 29.5. The minimum absolute atomic E-state index is 0. The zero-order valence-corrected chi connectivity index (χ0v) is 26.4. The second kappa shape index (κ2) is 12.9. The van der Waals surface area contributed by atoms with Crippen molar-refractivity contribution in [3.8, 4) is 22.9 Å². The maximum absolute atomic E-state index is 14.0. The number of aromatic nitrogens is 4. The number of hydrogen-bond donors (Lipinski definition) is 1. The Morgan fingerprint density at radius 3 is 2.44 bits per heavy atom. The molecule has 0 radical (unpaired) electrons. The van der Waals surface area contributed by atoms with Crippen LogP contribution in [0.2, 0.25) is 0 Å². The fourth-order valence-corrected chi connectivity index (χ4v) is 7.16. The topological polar surface area (TPSA) is 138 Å². The number of nitrogens with two attached hydrogens (primary N) is 1. The van der Waals surface area contributed by atoms with E-state index in [1.54, 1.807) is 60.5 Å². The molecule has 1 amide bonds. The number of rotatable bonds is 7. The van der Waals surface area contributed by atoms with Crippen LogP contribution in [0.3, 0.4) is 0 Å². The van der Waals surface area contributed by atoms with Crippen LogP contribution in [0.1, 0.15) is 0 Å². The van der Waals surface area contributed by atoms with Gasteiger partial charge in [-0.25, -0.2) is 4.98 Å². The monoisotopic (exact) mass is 673 g/mol. The molecule has 0 saturated heterocycles. The molecule has 43 heavy (non-hydrogen) atoms. The summed E-state index contributed by atoms with van der Waals surface area (Å²) >= 11 is -0.959. The minimum atomic E-state index is -0.959. The first-order valence-electron chi connectivity index (χ1n) is 13.2. The SMILES string of the molecule is CN(C(=O)/C=C/[C]1=[In][CH]=CC=C1)c1cccc(-n2c(=O)n(-c3ccc(Oc4ccccc4)cc3)c3c(N)ncnc32)c1.[OH-]. The molecule has 11 heteroatoms. The van der Waals surface area contributed by atoms with Crippen molar-refractivity contribution >= 4 is 54.3 Å². The number of allylic oxidation sites excluding steroid dienone is 4. The van der Waals surface area contributed by atoms with Crippen molar-refractivity contribution in [2.24, 2.45) is 0 Å². The van der Waals surface area contributed by atoms with Gasteiger partial charge in [0.2, 0.25) is 0 Å². The van der Waals surface area contributed by atoms with Gasteiger partial charge in [-0.2, -0.15) is 0 Å². The summed E-state index contributed by atoms with van der Waals surface area (Å²) in [6.45, 7) is 0. The molecule has 1 aliphatic heterocycles. The Hall–Kier alpha value is -5.00. The average Bonchev–Trinajstić information content (AvgIpc) is 3.33. The molecule has 2 aromatic heterocycles. The molecule has 0 bridgehead atoms. The van der Waals surface area contributed by atoms with Crippen molar-refractivity contribution in [3.05, 3.63) is 130 Å². The van der Waals surface area contributed by atoms with Gasteiger partial charge >= 0.3 is 172 Å². The zero-order chi connectivity index (χ0) is 29.1. The van der Waals surface area contributed by atoms with Gasteiger partial charge in [0.05, 0.1) is 0 Å². The molecule has 0 saturated carbocycles. The Labute approximate surface area is 257 Å². The Bertz CT molecular complexity index is 1980. The van der Waals surface area contributed by atoms with E-state index >= 15 is 0 Å². The molecule has 3 aromatic carbocycles. The van der Waals surface area contributed by atoms with Crippen molar-refractivity contribution in [2.75, 3.05) is 17.7 Å². The van der Waals surface area contributed by atoms with E-state index in [4.69, 9.17) is 10.5 Å². The van der Waals surface area contributed by atoms with E-state index in [0.717, 1.165) is 0 Å². The van der Waals surface area contributed by atoms with Crippen LogP contribution in [0.4, 0.5) is 11.5 Å². The number of nitrogens with zero attached hydrogens (tertiary/aromatic N) is 5. The second-order valence-corrected chi connectivity index (χ2v) is 13.4. The number of carbonyl (C=O) groups excluding carboxylic acids is 1. The average molecular weight is 673 g/mol. The molecule has 212 valence electrons. The quantitative estimate of drug-likeness (QED) is 0.255. The van der Waals surface area contributed by atoms with Gasteiger partial charge in [-0.15, -0.1) is 0 Å². The van der Waals surface area contributed by atoms with Crippen molar-refractivity contribution in [1.82, 2.24) is 19.1 Å². The molecule has 0 atom stereocenters.